The van der Waals surface area contributed by atoms with Gasteiger partial charge in [0, 0.05) is 23.9 Å². The summed E-state index contributed by atoms with van der Waals surface area (Å²) in [7, 11) is 0. The van der Waals surface area contributed by atoms with Crippen molar-refractivity contribution in [2.75, 3.05) is 18.5 Å². The highest BCUT2D eigenvalue weighted by atomic mass is 19.4. The molecule has 2 aliphatic rings. The molecule has 4 atom stereocenters. The SMILES string of the molecule is O=C(Nc1cc(OCC(F)(F)F)cc(OCC(F)(F)C(F)F)c1)[C@@H]1[C@H](C(=O)O)[C@@H]2C=C[C@H]1O2. The molecule has 0 aliphatic carbocycles. The minimum Gasteiger partial charge on any atom is -0.487 e. The highest BCUT2D eigenvalue weighted by Crippen LogP contribution is 2.40. The zero-order chi connectivity index (χ0) is 24.6. The molecule has 0 spiro atoms. The van der Waals surface area contributed by atoms with Gasteiger partial charge < -0.3 is 24.6 Å². The third-order valence-corrected chi connectivity index (χ3v) is 4.79. The van der Waals surface area contributed by atoms with Crippen LogP contribution in [0.4, 0.5) is 36.4 Å². The van der Waals surface area contributed by atoms with Crippen molar-refractivity contribution in [1.82, 2.24) is 0 Å². The number of carbonyl (C=O) groups is 2. The molecule has 1 fully saturated rings. The number of nitrogens with one attached hydrogen (secondary N) is 1. The summed E-state index contributed by atoms with van der Waals surface area (Å²) in [4.78, 5) is 24.2. The van der Waals surface area contributed by atoms with Gasteiger partial charge in [0.05, 0.1) is 18.1 Å². The number of hydrogen-bond donors (Lipinski definition) is 2. The first-order chi connectivity index (χ1) is 15.3. The summed E-state index contributed by atoms with van der Waals surface area (Å²) >= 11 is 0. The van der Waals surface area contributed by atoms with Gasteiger partial charge in [0.15, 0.2) is 13.2 Å². The Kier molecular flexibility index (Phi) is 6.77. The molecular weight excluding hydrogens is 471 g/mol. The first-order valence-corrected chi connectivity index (χ1v) is 9.28. The summed E-state index contributed by atoms with van der Waals surface area (Å²) in [5, 5.41) is 11.6. The summed E-state index contributed by atoms with van der Waals surface area (Å²) in [6.45, 7) is -3.57. The number of carboxylic acid groups (broad SMARTS) is 1. The van der Waals surface area contributed by atoms with Gasteiger partial charge in [-0.2, -0.15) is 22.0 Å². The molecule has 1 saturated heterocycles. The van der Waals surface area contributed by atoms with Gasteiger partial charge in [0.1, 0.15) is 17.4 Å². The Morgan fingerprint density at radius 3 is 2.03 bits per heavy atom. The fourth-order valence-corrected chi connectivity index (χ4v) is 3.36. The van der Waals surface area contributed by atoms with Crippen LogP contribution in [0.25, 0.3) is 0 Å². The molecule has 14 heteroatoms. The summed E-state index contributed by atoms with van der Waals surface area (Å²) in [5.74, 6) is -10.3. The van der Waals surface area contributed by atoms with Crippen LogP contribution in [-0.4, -0.2) is 60.9 Å². The maximum Gasteiger partial charge on any atom is 0.422 e. The Labute approximate surface area is 181 Å². The Balaban J connectivity index is 1.81. The van der Waals surface area contributed by atoms with E-state index in [4.69, 9.17) is 4.74 Å². The van der Waals surface area contributed by atoms with Crippen LogP contribution in [0.3, 0.4) is 0 Å². The van der Waals surface area contributed by atoms with Crippen LogP contribution in [0.5, 0.6) is 11.5 Å². The number of carbonyl (C=O) groups excluding carboxylic acids is 1. The van der Waals surface area contributed by atoms with Gasteiger partial charge in [0.2, 0.25) is 5.91 Å². The summed E-state index contributed by atoms with van der Waals surface area (Å²) in [6.07, 6.45) is -7.56. The van der Waals surface area contributed by atoms with Gasteiger partial charge in [-0.25, -0.2) is 8.78 Å². The largest absolute Gasteiger partial charge is 0.487 e. The second-order valence-corrected chi connectivity index (χ2v) is 7.28. The van der Waals surface area contributed by atoms with E-state index in [9.17, 15) is 45.4 Å². The van der Waals surface area contributed by atoms with E-state index in [2.05, 4.69) is 14.8 Å². The zero-order valence-corrected chi connectivity index (χ0v) is 16.3. The van der Waals surface area contributed by atoms with E-state index in [-0.39, 0.29) is 5.69 Å². The van der Waals surface area contributed by atoms with E-state index in [1.807, 2.05) is 0 Å². The van der Waals surface area contributed by atoms with E-state index >= 15 is 0 Å². The standard InChI is InChI=1S/C19H16F7NO6/c20-17(21)18(22,23)6-31-9-3-8(4-10(5-9)32-7-19(24,25)26)27-15(28)13-11-1-2-12(33-11)14(13)16(29)30/h1-5,11-14,17H,6-7H2,(H,27,28)(H,29,30)/t11-,12+,13+,14-/m1/s1. The molecule has 2 N–H and O–H groups in total. The van der Waals surface area contributed by atoms with Crippen molar-refractivity contribution in [1.29, 1.82) is 0 Å². The maximum absolute atomic E-state index is 13.2. The first kappa shape index (κ1) is 24.6. The fraction of sp³-hybridized carbons (Fsp3) is 0.474. The molecule has 2 heterocycles. The number of aliphatic carboxylic acids is 1. The molecular formula is C19H16F7NO6. The molecule has 2 bridgehead atoms. The Bertz CT molecular complexity index is 936. The van der Waals surface area contributed by atoms with Crippen LogP contribution in [0.1, 0.15) is 0 Å². The molecule has 0 aromatic heterocycles. The molecule has 182 valence electrons. The second-order valence-electron chi connectivity index (χ2n) is 7.28. The second kappa shape index (κ2) is 9.08. The lowest BCUT2D eigenvalue weighted by Gasteiger charge is -2.22. The summed E-state index contributed by atoms with van der Waals surface area (Å²) < 4.78 is 103. The number of alkyl halides is 7. The number of anilines is 1. The molecule has 2 aliphatic heterocycles. The van der Waals surface area contributed by atoms with Crippen molar-refractivity contribution in [2.45, 2.75) is 30.7 Å². The molecule has 1 aromatic carbocycles. The van der Waals surface area contributed by atoms with E-state index in [1.54, 1.807) is 0 Å². The molecule has 3 rings (SSSR count). The van der Waals surface area contributed by atoms with Gasteiger partial charge in [-0.15, -0.1) is 0 Å². The monoisotopic (exact) mass is 487 g/mol. The topological polar surface area (TPSA) is 94.1 Å². The lowest BCUT2D eigenvalue weighted by Crippen LogP contribution is -2.39. The number of fused-ring (bicyclic) bond motifs is 2. The molecule has 7 nitrogen and oxygen atoms in total. The van der Waals surface area contributed by atoms with E-state index in [1.165, 1.54) is 12.2 Å². The Morgan fingerprint density at radius 2 is 1.52 bits per heavy atom. The number of carboxylic acids is 1. The third-order valence-electron chi connectivity index (χ3n) is 4.79. The highest BCUT2D eigenvalue weighted by Gasteiger charge is 2.53. The minimum absolute atomic E-state index is 0.300. The Morgan fingerprint density at radius 1 is 0.970 bits per heavy atom. The quantitative estimate of drug-likeness (QED) is 0.409. The number of rotatable bonds is 9. The predicted octanol–water partition coefficient (Wildman–Crippen LogP) is 3.50. The van der Waals surface area contributed by atoms with Crippen LogP contribution in [0.15, 0.2) is 30.4 Å². The smallest absolute Gasteiger partial charge is 0.422 e. The van der Waals surface area contributed by atoms with Crippen LogP contribution >= 0.6 is 0 Å². The van der Waals surface area contributed by atoms with E-state index in [0.717, 1.165) is 18.2 Å². The number of hydrogen-bond acceptors (Lipinski definition) is 5. The van der Waals surface area contributed by atoms with Crippen molar-refractivity contribution >= 4 is 17.6 Å². The number of halogens is 7. The van der Waals surface area contributed by atoms with Gasteiger partial charge in [-0.1, -0.05) is 12.2 Å². The number of ether oxygens (including phenoxy) is 3. The van der Waals surface area contributed by atoms with Crippen LogP contribution < -0.4 is 14.8 Å². The van der Waals surface area contributed by atoms with Gasteiger partial charge >= 0.3 is 24.5 Å². The molecule has 1 amide bonds. The normalized spacial score (nSPS) is 24.2. The lowest BCUT2D eigenvalue weighted by molar-refractivity contribution is -0.153. The molecule has 0 radical (unpaired) electrons. The third kappa shape index (κ3) is 5.86. The molecule has 0 unspecified atom stereocenters. The number of amides is 1. The predicted molar refractivity (Wildman–Crippen MR) is 95.5 cm³/mol. The van der Waals surface area contributed by atoms with Crippen molar-refractivity contribution in [3.63, 3.8) is 0 Å². The Hall–Kier alpha value is -3.03. The van der Waals surface area contributed by atoms with Crippen LogP contribution in [0.2, 0.25) is 0 Å². The van der Waals surface area contributed by atoms with Crippen molar-refractivity contribution in [3.8, 4) is 11.5 Å². The highest BCUT2D eigenvalue weighted by molar-refractivity contribution is 5.97. The lowest BCUT2D eigenvalue weighted by atomic mass is 9.82. The van der Waals surface area contributed by atoms with Gasteiger partial charge in [-0.05, 0) is 0 Å². The van der Waals surface area contributed by atoms with Crippen LogP contribution in [-0.2, 0) is 14.3 Å². The van der Waals surface area contributed by atoms with Crippen molar-refractivity contribution in [3.05, 3.63) is 30.4 Å². The molecule has 33 heavy (non-hydrogen) atoms. The first-order valence-electron chi connectivity index (χ1n) is 9.28. The summed E-state index contributed by atoms with van der Waals surface area (Å²) in [6, 6.07) is 2.54. The van der Waals surface area contributed by atoms with Gasteiger partial charge in [-0.3, -0.25) is 9.59 Å². The van der Waals surface area contributed by atoms with Crippen LogP contribution in [0, 0.1) is 11.8 Å². The average molecular weight is 487 g/mol. The van der Waals surface area contributed by atoms with Gasteiger partial charge in [0.25, 0.3) is 0 Å². The van der Waals surface area contributed by atoms with Crippen molar-refractivity contribution < 1.29 is 59.6 Å². The molecule has 0 saturated carbocycles. The van der Waals surface area contributed by atoms with Crippen molar-refractivity contribution in [2.24, 2.45) is 11.8 Å². The van der Waals surface area contributed by atoms with E-state index < -0.39 is 79.2 Å². The molecule has 1 aromatic rings. The minimum atomic E-state index is -4.76. The maximum atomic E-state index is 13.2. The zero-order valence-electron chi connectivity index (χ0n) is 16.3. The van der Waals surface area contributed by atoms with E-state index in [0.29, 0.717) is 0 Å². The summed E-state index contributed by atoms with van der Waals surface area (Å²) in [5.41, 5.74) is -0.300. The number of benzene rings is 1. The fourth-order valence-electron chi connectivity index (χ4n) is 3.36. The average Bonchev–Trinajstić information content (AvgIpc) is 3.32.